The molecule has 6 nitrogen and oxygen atoms in total. The Morgan fingerprint density at radius 1 is 1.52 bits per heavy atom. The fourth-order valence-electron chi connectivity index (χ4n) is 2.64. The Bertz CT molecular complexity index is 547. The van der Waals surface area contributed by atoms with Gasteiger partial charge in [0, 0.05) is 26.3 Å². The van der Waals surface area contributed by atoms with E-state index >= 15 is 0 Å². The van der Waals surface area contributed by atoms with Crippen LogP contribution < -0.4 is 4.90 Å². The van der Waals surface area contributed by atoms with E-state index < -0.39 is 5.60 Å². The molecule has 0 spiro atoms. The van der Waals surface area contributed by atoms with E-state index in [1.807, 2.05) is 45.0 Å². The molecular weight excluding hydrogens is 312 g/mol. The number of likely N-dealkylation sites (N-methyl/N-ethyl adjacent to an activating group) is 1. The molecule has 2 heterocycles. The molecule has 1 atom stereocenters. The maximum atomic E-state index is 12.3. The molecule has 1 aliphatic rings. The van der Waals surface area contributed by atoms with Gasteiger partial charge >= 0.3 is 6.09 Å². The standard InChI is InChI=1S/C16H26N4O2S/c1-16(2,3)22-15(21)20-10-6-7-12(20)11-19(4)13-8-9-17-14(18-13)23-5/h8-9,12H,6-7,10-11H2,1-5H3. The Hall–Kier alpha value is -1.50. The van der Waals surface area contributed by atoms with Gasteiger partial charge in [0.1, 0.15) is 11.4 Å². The molecule has 1 aromatic rings. The van der Waals surface area contributed by atoms with Crippen molar-refractivity contribution in [1.29, 1.82) is 0 Å². The minimum absolute atomic E-state index is 0.155. The first kappa shape index (κ1) is 17.8. The number of anilines is 1. The summed E-state index contributed by atoms with van der Waals surface area (Å²) in [6.45, 7) is 7.18. The number of ether oxygens (including phenoxy) is 1. The molecule has 1 amide bonds. The van der Waals surface area contributed by atoms with Gasteiger partial charge in [0.05, 0.1) is 6.04 Å². The van der Waals surface area contributed by atoms with Crippen LogP contribution >= 0.6 is 11.8 Å². The van der Waals surface area contributed by atoms with Crippen LogP contribution in [0.5, 0.6) is 0 Å². The van der Waals surface area contributed by atoms with Gasteiger partial charge in [-0.15, -0.1) is 0 Å². The molecule has 0 N–H and O–H groups in total. The summed E-state index contributed by atoms with van der Waals surface area (Å²) in [7, 11) is 2.00. The quantitative estimate of drug-likeness (QED) is 0.621. The largest absolute Gasteiger partial charge is 0.444 e. The van der Waals surface area contributed by atoms with Gasteiger partial charge in [-0.05, 0) is 45.9 Å². The van der Waals surface area contributed by atoms with E-state index in [1.165, 1.54) is 11.8 Å². The zero-order valence-electron chi connectivity index (χ0n) is 14.6. The fourth-order valence-corrected chi connectivity index (χ4v) is 2.99. The van der Waals surface area contributed by atoms with E-state index in [9.17, 15) is 4.79 Å². The molecule has 0 saturated carbocycles. The molecule has 1 fully saturated rings. The summed E-state index contributed by atoms with van der Waals surface area (Å²) in [5.41, 5.74) is -0.462. The van der Waals surface area contributed by atoms with Crippen molar-refractivity contribution < 1.29 is 9.53 Å². The lowest BCUT2D eigenvalue weighted by molar-refractivity contribution is 0.0232. The van der Waals surface area contributed by atoms with E-state index in [0.717, 1.165) is 36.9 Å². The van der Waals surface area contributed by atoms with Crippen LogP contribution in [0, 0.1) is 0 Å². The summed E-state index contributed by atoms with van der Waals surface area (Å²) >= 11 is 1.52. The monoisotopic (exact) mass is 338 g/mol. The maximum absolute atomic E-state index is 12.3. The first-order valence-electron chi connectivity index (χ1n) is 7.88. The third-order valence-electron chi connectivity index (χ3n) is 3.68. The molecule has 1 aromatic heterocycles. The molecule has 7 heteroatoms. The molecule has 0 aromatic carbocycles. The van der Waals surface area contributed by atoms with Gasteiger partial charge < -0.3 is 14.5 Å². The van der Waals surface area contributed by atoms with Crippen molar-refractivity contribution in [1.82, 2.24) is 14.9 Å². The van der Waals surface area contributed by atoms with Gasteiger partial charge in [-0.2, -0.15) is 0 Å². The van der Waals surface area contributed by atoms with Crippen molar-refractivity contribution in [3.8, 4) is 0 Å². The molecule has 128 valence electrons. The van der Waals surface area contributed by atoms with E-state index in [4.69, 9.17) is 4.74 Å². The van der Waals surface area contributed by atoms with Crippen LogP contribution in [-0.2, 0) is 4.74 Å². The van der Waals surface area contributed by atoms with E-state index in [0.29, 0.717) is 0 Å². The van der Waals surface area contributed by atoms with Crippen LogP contribution in [0.25, 0.3) is 0 Å². The Labute approximate surface area is 142 Å². The number of hydrogen-bond donors (Lipinski definition) is 0. The summed E-state index contributed by atoms with van der Waals surface area (Å²) in [6, 6.07) is 2.05. The van der Waals surface area contributed by atoms with Gasteiger partial charge in [-0.3, -0.25) is 0 Å². The lowest BCUT2D eigenvalue weighted by atomic mass is 10.2. The molecule has 2 rings (SSSR count). The van der Waals surface area contributed by atoms with Crippen molar-refractivity contribution in [2.24, 2.45) is 0 Å². The van der Waals surface area contributed by atoms with Gasteiger partial charge in [-0.25, -0.2) is 14.8 Å². The first-order chi connectivity index (χ1) is 10.8. The zero-order chi connectivity index (χ0) is 17.0. The van der Waals surface area contributed by atoms with Crippen LogP contribution in [0.3, 0.4) is 0 Å². The van der Waals surface area contributed by atoms with Crippen molar-refractivity contribution in [2.75, 3.05) is 31.3 Å². The molecular formula is C16H26N4O2S. The summed E-state index contributed by atoms with van der Waals surface area (Å²) in [4.78, 5) is 25.0. The van der Waals surface area contributed by atoms with Crippen molar-refractivity contribution in [3.05, 3.63) is 12.3 Å². The van der Waals surface area contributed by atoms with Crippen molar-refractivity contribution >= 4 is 23.7 Å². The van der Waals surface area contributed by atoms with Crippen LogP contribution in [0.15, 0.2) is 17.4 Å². The summed E-state index contributed by atoms with van der Waals surface area (Å²) < 4.78 is 5.52. The lowest BCUT2D eigenvalue weighted by Crippen LogP contribution is -2.44. The van der Waals surface area contributed by atoms with Gasteiger partial charge in [-0.1, -0.05) is 11.8 Å². The highest BCUT2D eigenvalue weighted by molar-refractivity contribution is 7.98. The fraction of sp³-hybridized carbons (Fsp3) is 0.688. The number of hydrogen-bond acceptors (Lipinski definition) is 6. The van der Waals surface area contributed by atoms with Gasteiger partial charge in [0.15, 0.2) is 5.16 Å². The summed E-state index contributed by atoms with van der Waals surface area (Å²) in [5.74, 6) is 0.875. The third kappa shape index (κ3) is 4.99. The average molecular weight is 338 g/mol. The molecule has 1 aliphatic heterocycles. The predicted molar refractivity (Wildman–Crippen MR) is 93.0 cm³/mol. The minimum Gasteiger partial charge on any atom is -0.444 e. The van der Waals surface area contributed by atoms with Crippen LogP contribution in [0.1, 0.15) is 33.6 Å². The number of nitrogens with zero attached hydrogens (tertiary/aromatic N) is 4. The Kier molecular flexibility index (Phi) is 5.73. The molecule has 1 saturated heterocycles. The number of amides is 1. The summed E-state index contributed by atoms with van der Waals surface area (Å²) in [5, 5.41) is 0.754. The number of carbonyl (C=O) groups is 1. The van der Waals surface area contributed by atoms with Crippen LogP contribution in [0.2, 0.25) is 0 Å². The number of aromatic nitrogens is 2. The highest BCUT2D eigenvalue weighted by Crippen LogP contribution is 2.23. The Balaban J connectivity index is 2.01. The average Bonchev–Trinajstić information content (AvgIpc) is 2.93. The van der Waals surface area contributed by atoms with E-state index in [-0.39, 0.29) is 12.1 Å². The Morgan fingerprint density at radius 3 is 2.91 bits per heavy atom. The summed E-state index contributed by atoms with van der Waals surface area (Å²) in [6.07, 6.45) is 5.51. The first-order valence-corrected chi connectivity index (χ1v) is 9.10. The SMILES string of the molecule is CSc1nccc(N(C)CC2CCCN2C(=O)OC(C)(C)C)n1. The zero-order valence-corrected chi connectivity index (χ0v) is 15.4. The van der Waals surface area contributed by atoms with E-state index in [2.05, 4.69) is 14.9 Å². The molecule has 1 unspecified atom stereocenters. The topological polar surface area (TPSA) is 58.6 Å². The number of thioether (sulfide) groups is 1. The van der Waals surface area contributed by atoms with Crippen molar-refractivity contribution in [2.45, 2.75) is 50.4 Å². The lowest BCUT2D eigenvalue weighted by Gasteiger charge is -2.31. The highest BCUT2D eigenvalue weighted by atomic mass is 32.2. The molecule has 0 aliphatic carbocycles. The van der Waals surface area contributed by atoms with Crippen molar-refractivity contribution in [3.63, 3.8) is 0 Å². The second-order valence-corrected chi connectivity index (χ2v) is 7.53. The molecule has 0 bridgehead atoms. The van der Waals surface area contributed by atoms with Crippen LogP contribution in [0.4, 0.5) is 10.6 Å². The van der Waals surface area contributed by atoms with E-state index in [1.54, 1.807) is 6.20 Å². The second-order valence-electron chi connectivity index (χ2n) is 6.75. The van der Waals surface area contributed by atoms with Gasteiger partial charge in [0.25, 0.3) is 0 Å². The normalized spacial score (nSPS) is 18.1. The third-order valence-corrected chi connectivity index (χ3v) is 4.24. The van der Waals surface area contributed by atoms with Crippen LogP contribution in [-0.4, -0.2) is 59.0 Å². The number of rotatable bonds is 4. The smallest absolute Gasteiger partial charge is 0.410 e. The minimum atomic E-state index is -0.462. The predicted octanol–water partition coefficient (Wildman–Crippen LogP) is 3.03. The molecule has 23 heavy (non-hydrogen) atoms. The second kappa shape index (κ2) is 7.38. The number of carbonyl (C=O) groups excluding carboxylic acids is 1. The van der Waals surface area contributed by atoms with Gasteiger partial charge in [0.2, 0.25) is 0 Å². The highest BCUT2D eigenvalue weighted by Gasteiger charge is 2.32. The maximum Gasteiger partial charge on any atom is 0.410 e. The number of likely N-dealkylation sites (tertiary alicyclic amines) is 1. The Morgan fingerprint density at radius 2 is 2.26 bits per heavy atom. The molecule has 0 radical (unpaired) electrons.